The third kappa shape index (κ3) is 3.71. The minimum atomic E-state index is -0.551. The molecule has 0 heterocycles. The van der Waals surface area contributed by atoms with Crippen LogP contribution in [0.5, 0.6) is 5.75 Å². The van der Waals surface area contributed by atoms with E-state index in [2.05, 4.69) is 10.1 Å². The summed E-state index contributed by atoms with van der Waals surface area (Å²) in [5, 5.41) is 2.87. The quantitative estimate of drug-likeness (QED) is 0.818. The van der Waals surface area contributed by atoms with Gasteiger partial charge in [0.05, 0.1) is 12.7 Å². The molecule has 1 amide bonds. The second-order valence-corrected chi connectivity index (χ2v) is 4.56. The van der Waals surface area contributed by atoms with Gasteiger partial charge in [0.15, 0.2) is 6.10 Å². The monoisotopic (exact) mass is 263 g/mol. The van der Waals surface area contributed by atoms with Gasteiger partial charge < -0.3 is 14.8 Å². The molecule has 1 fully saturated rings. The highest BCUT2D eigenvalue weighted by Crippen LogP contribution is 2.19. The summed E-state index contributed by atoms with van der Waals surface area (Å²) in [6.07, 6.45) is 1.54. The number of benzene rings is 1. The Kier molecular flexibility index (Phi) is 4.04. The van der Waals surface area contributed by atoms with Gasteiger partial charge in [-0.2, -0.15) is 0 Å². The highest BCUT2D eigenvalue weighted by Gasteiger charge is 2.26. The zero-order valence-corrected chi connectivity index (χ0v) is 11.0. The average Bonchev–Trinajstić information content (AvgIpc) is 3.22. The number of amides is 1. The lowest BCUT2D eigenvalue weighted by Crippen LogP contribution is -2.37. The molecule has 1 aromatic carbocycles. The smallest absolute Gasteiger partial charge is 0.337 e. The predicted molar refractivity (Wildman–Crippen MR) is 69.0 cm³/mol. The second kappa shape index (κ2) is 5.73. The number of rotatable bonds is 5. The third-order valence-electron chi connectivity index (χ3n) is 2.88. The van der Waals surface area contributed by atoms with Crippen LogP contribution in [0, 0.1) is 0 Å². The van der Waals surface area contributed by atoms with Crippen molar-refractivity contribution in [3.63, 3.8) is 0 Å². The standard InChI is InChI=1S/C14H17NO4/c1-9(13(16)15-11-5-6-11)19-12-7-3-10(4-8-12)14(17)18-2/h3-4,7-9,11H,5-6H2,1-2H3,(H,15,16)/t9-/m0/s1. The Morgan fingerprint density at radius 3 is 2.42 bits per heavy atom. The normalized spacial score (nSPS) is 15.5. The van der Waals surface area contributed by atoms with E-state index in [4.69, 9.17) is 4.74 Å². The van der Waals surface area contributed by atoms with Crippen LogP contribution < -0.4 is 10.1 Å². The minimum absolute atomic E-state index is 0.112. The highest BCUT2D eigenvalue weighted by molar-refractivity contribution is 5.89. The maximum atomic E-state index is 11.7. The van der Waals surface area contributed by atoms with Gasteiger partial charge in [-0.3, -0.25) is 4.79 Å². The van der Waals surface area contributed by atoms with Crippen LogP contribution >= 0.6 is 0 Å². The lowest BCUT2D eigenvalue weighted by molar-refractivity contribution is -0.127. The molecule has 1 aliphatic carbocycles. The van der Waals surface area contributed by atoms with Gasteiger partial charge in [-0.15, -0.1) is 0 Å². The first-order chi connectivity index (χ1) is 9.10. The van der Waals surface area contributed by atoms with Gasteiger partial charge in [0, 0.05) is 6.04 Å². The van der Waals surface area contributed by atoms with Gasteiger partial charge in [0.25, 0.3) is 5.91 Å². The summed E-state index contributed by atoms with van der Waals surface area (Å²) < 4.78 is 10.1. The zero-order valence-electron chi connectivity index (χ0n) is 11.0. The van der Waals surface area contributed by atoms with Crippen molar-refractivity contribution in [2.45, 2.75) is 31.9 Å². The van der Waals surface area contributed by atoms with Gasteiger partial charge in [-0.25, -0.2) is 4.79 Å². The molecule has 0 unspecified atom stereocenters. The van der Waals surface area contributed by atoms with E-state index in [0.29, 0.717) is 17.4 Å². The Labute approximate surface area is 111 Å². The SMILES string of the molecule is COC(=O)c1ccc(O[C@@H](C)C(=O)NC2CC2)cc1. The molecule has 5 heteroatoms. The fourth-order valence-corrected chi connectivity index (χ4v) is 1.59. The van der Waals surface area contributed by atoms with Crippen LogP contribution in [0.2, 0.25) is 0 Å². The number of methoxy groups -OCH3 is 1. The number of carbonyl (C=O) groups is 2. The van der Waals surface area contributed by atoms with Gasteiger partial charge >= 0.3 is 5.97 Å². The summed E-state index contributed by atoms with van der Waals surface area (Å²) >= 11 is 0. The molecule has 0 spiro atoms. The molecule has 1 saturated carbocycles. The molecule has 19 heavy (non-hydrogen) atoms. The molecule has 1 aliphatic rings. The van der Waals surface area contributed by atoms with Crippen molar-refractivity contribution in [3.05, 3.63) is 29.8 Å². The number of hydrogen-bond donors (Lipinski definition) is 1. The van der Waals surface area contributed by atoms with Crippen LogP contribution in [-0.2, 0) is 9.53 Å². The molecule has 0 aromatic heterocycles. The first-order valence-electron chi connectivity index (χ1n) is 6.25. The summed E-state index contributed by atoms with van der Waals surface area (Å²) in [5.41, 5.74) is 0.449. The van der Waals surface area contributed by atoms with Gasteiger partial charge in [-0.05, 0) is 44.0 Å². The van der Waals surface area contributed by atoms with E-state index < -0.39 is 12.1 Å². The molecule has 5 nitrogen and oxygen atoms in total. The van der Waals surface area contributed by atoms with Gasteiger partial charge in [0.1, 0.15) is 5.75 Å². The molecule has 0 radical (unpaired) electrons. The van der Waals surface area contributed by atoms with Crippen LogP contribution in [0.15, 0.2) is 24.3 Å². The summed E-state index contributed by atoms with van der Waals surface area (Å²) in [4.78, 5) is 23.0. The van der Waals surface area contributed by atoms with E-state index in [9.17, 15) is 9.59 Å². The van der Waals surface area contributed by atoms with Gasteiger partial charge in [0.2, 0.25) is 0 Å². The molecule has 1 atom stereocenters. The van der Waals surface area contributed by atoms with Crippen molar-refractivity contribution in [1.29, 1.82) is 0 Å². The summed E-state index contributed by atoms with van der Waals surface area (Å²) in [7, 11) is 1.33. The Morgan fingerprint density at radius 2 is 1.89 bits per heavy atom. The van der Waals surface area contributed by atoms with Crippen LogP contribution in [0.4, 0.5) is 0 Å². The molecule has 2 rings (SSSR count). The molecule has 0 bridgehead atoms. The lowest BCUT2D eigenvalue weighted by Gasteiger charge is -2.14. The van der Waals surface area contributed by atoms with E-state index in [1.165, 1.54) is 7.11 Å². The number of nitrogens with one attached hydrogen (secondary N) is 1. The largest absolute Gasteiger partial charge is 0.481 e. The van der Waals surface area contributed by atoms with E-state index in [0.717, 1.165) is 12.8 Å². The van der Waals surface area contributed by atoms with Crippen LogP contribution in [0.3, 0.4) is 0 Å². The molecule has 1 aromatic rings. The van der Waals surface area contributed by atoms with Crippen molar-refractivity contribution in [3.8, 4) is 5.75 Å². The van der Waals surface area contributed by atoms with Crippen molar-refractivity contribution >= 4 is 11.9 Å². The fourth-order valence-electron chi connectivity index (χ4n) is 1.59. The molecule has 1 N–H and O–H groups in total. The zero-order chi connectivity index (χ0) is 13.8. The molecule has 0 aliphatic heterocycles. The number of esters is 1. The predicted octanol–water partition coefficient (Wildman–Crippen LogP) is 1.52. The second-order valence-electron chi connectivity index (χ2n) is 4.56. The lowest BCUT2D eigenvalue weighted by atomic mass is 10.2. The first-order valence-corrected chi connectivity index (χ1v) is 6.25. The van der Waals surface area contributed by atoms with Crippen LogP contribution in [0.25, 0.3) is 0 Å². The van der Waals surface area contributed by atoms with Crippen LogP contribution in [-0.4, -0.2) is 31.1 Å². The Morgan fingerprint density at radius 1 is 1.26 bits per heavy atom. The number of ether oxygens (including phenoxy) is 2. The highest BCUT2D eigenvalue weighted by atomic mass is 16.5. The third-order valence-corrected chi connectivity index (χ3v) is 2.88. The Balaban J connectivity index is 1.90. The maximum absolute atomic E-state index is 11.7. The maximum Gasteiger partial charge on any atom is 0.337 e. The summed E-state index contributed by atoms with van der Waals surface area (Å²) in [5.74, 6) is 0.0386. The van der Waals surface area contributed by atoms with E-state index in [-0.39, 0.29) is 5.91 Å². The Hall–Kier alpha value is -2.04. The minimum Gasteiger partial charge on any atom is -0.481 e. The van der Waals surface area contributed by atoms with Crippen LogP contribution in [0.1, 0.15) is 30.1 Å². The molecule has 102 valence electrons. The molecular formula is C14H17NO4. The summed E-state index contributed by atoms with van der Waals surface area (Å²) in [6, 6.07) is 6.82. The topological polar surface area (TPSA) is 64.6 Å². The Bertz CT molecular complexity index is 465. The first kappa shape index (κ1) is 13.4. The van der Waals surface area contributed by atoms with E-state index >= 15 is 0 Å². The summed E-state index contributed by atoms with van der Waals surface area (Å²) in [6.45, 7) is 1.70. The van der Waals surface area contributed by atoms with Gasteiger partial charge in [-0.1, -0.05) is 0 Å². The van der Waals surface area contributed by atoms with E-state index in [1.54, 1.807) is 31.2 Å². The number of hydrogen-bond acceptors (Lipinski definition) is 4. The van der Waals surface area contributed by atoms with E-state index in [1.807, 2.05) is 0 Å². The van der Waals surface area contributed by atoms with Crippen molar-refractivity contribution < 1.29 is 19.1 Å². The fraction of sp³-hybridized carbons (Fsp3) is 0.429. The van der Waals surface area contributed by atoms with Crippen molar-refractivity contribution in [1.82, 2.24) is 5.32 Å². The molecular weight excluding hydrogens is 246 g/mol. The average molecular weight is 263 g/mol. The van der Waals surface area contributed by atoms with Crippen molar-refractivity contribution in [2.24, 2.45) is 0 Å². The number of carbonyl (C=O) groups excluding carboxylic acids is 2. The molecule has 0 saturated heterocycles. The van der Waals surface area contributed by atoms with Crippen molar-refractivity contribution in [2.75, 3.05) is 7.11 Å².